The number of halogens is 1. The fraction of sp³-hybridized carbons (Fsp3) is 0.0909. The van der Waals surface area contributed by atoms with E-state index in [-0.39, 0.29) is 16.0 Å². The molecule has 0 radical (unpaired) electrons. The lowest BCUT2D eigenvalue weighted by molar-refractivity contribution is 0.0784. The van der Waals surface area contributed by atoms with Crippen molar-refractivity contribution in [2.75, 3.05) is 7.05 Å². The van der Waals surface area contributed by atoms with E-state index in [0.29, 0.717) is 5.02 Å². The highest BCUT2D eigenvalue weighted by Crippen LogP contribution is 2.31. The Balaban J connectivity index is 1.76. The van der Waals surface area contributed by atoms with Gasteiger partial charge in [0.2, 0.25) is 10.0 Å². The van der Waals surface area contributed by atoms with Crippen LogP contribution in [0.25, 0.3) is 11.1 Å². The van der Waals surface area contributed by atoms with Gasteiger partial charge < -0.3 is 0 Å². The molecule has 5 nitrogen and oxygen atoms in total. The molecule has 1 atom stereocenters. The second-order valence-electron chi connectivity index (χ2n) is 6.74. The van der Waals surface area contributed by atoms with E-state index in [2.05, 4.69) is 0 Å². The first-order chi connectivity index (χ1) is 13.8. The molecule has 0 saturated heterocycles. The molecule has 3 aromatic carbocycles. The number of fused-ring (bicyclic) bond motifs is 1. The maximum absolute atomic E-state index is 13.2. The first-order valence-corrected chi connectivity index (χ1v) is 10.6. The molecule has 0 saturated carbocycles. The van der Waals surface area contributed by atoms with Crippen molar-refractivity contribution in [3.63, 3.8) is 0 Å². The van der Waals surface area contributed by atoms with Gasteiger partial charge in [-0.2, -0.15) is 4.31 Å². The van der Waals surface area contributed by atoms with Crippen LogP contribution in [-0.2, 0) is 10.0 Å². The van der Waals surface area contributed by atoms with E-state index < -0.39 is 27.6 Å². The number of hydrogen-bond donors (Lipinski definition) is 0. The van der Waals surface area contributed by atoms with Crippen LogP contribution in [0.5, 0.6) is 0 Å². The number of carbonyl (C=O) groups excluding carboxylic acids is 2. The van der Waals surface area contributed by atoms with Gasteiger partial charge in [0, 0.05) is 23.2 Å². The van der Waals surface area contributed by atoms with Crippen molar-refractivity contribution in [3.8, 4) is 11.1 Å². The summed E-state index contributed by atoms with van der Waals surface area (Å²) < 4.78 is 26.5. The number of carbonyl (C=O) groups is 2. The van der Waals surface area contributed by atoms with Gasteiger partial charge in [-0.15, -0.1) is 0 Å². The Morgan fingerprint density at radius 3 is 2.34 bits per heavy atom. The van der Waals surface area contributed by atoms with E-state index in [1.807, 2.05) is 18.2 Å². The molecule has 0 aliphatic carbocycles. The van der Waals surface area contributed by atoms with Crippen LogP contribution in [0.1, 0.15) is 20.7 Å². The molecule has 0 spiro atoms. The predicted molar refractivity (Wildman–Crippen MR) is 111 cm³/mol. The number of ketones is 2. The van der Waals surface area contributed by atoms with Gasteiger partial charge >= 0.3 is 0 Å². The summed E-state index contributed by atoms with van der Waals surface area (Å²) >= 11 is 5.93. The van der Waals surface area contributed by atoms with Crippen LogP contribution in [0.4, 0.5) is 0 Å². The molecular formula is C22H16ClNO4S. The molecule has 29 heavy (non-hydrogen) atoms. The highest BCUT2D eigenvalue weighted by Gasteiger charge is 2.45. The number of nitrogens with zero attached hydrogens (tertiary/aromatic N) is 1. The summed E-state index contributed by atoms with van der Waals surface area (Å²) in [6.45, 7) is 0. The minimum absolute atomic E-state index is 0.0396. The third-order valence-electron chi connectivity index (χ3n) is 4.99. The van der Waals surface area contributed by atoms with Crippen molar-refractivity contribution in [2.24, 2.45) is 0 Å². The van der Waals surface area contributed by atoms with Crippen molar-refractivity contribution in [1.82, 2.24) is 4.31 Å². The second kappa shape index (κ2) is 7.22. The first-order valence-electron chi connectivity index (χ1n) is 8.82. The van der Waals surface area contributed by atoms with E-state index in [4.69, 9.17) is 11.6 Å². The largest absolute Gasteiger partial charge is 0.292 e. The summed E-state index contributed by atoms with van der Waals surface area (Å²) in [6, 6.07) is 18.4. The topological polar surface area (TPSA) is 71.5 Å². The van der Waals surface area contributed by atoms with Gasteiger partial charge in [0.15, 0.2) is 17.6 Å². The highest BCUT2D eigenvalue weighted by molar-refractivity contribution is 7.89. The molecule has 0 fully saturated rings. The second-order valence-corrected chi connectivity index (χ2v) is 9.14. The zero-order chi connectivity index (χ0) is 20.8. The molecule has 0 amide bonds. The minimum Gasteiger partial charge on any atom is -0.292 e. The average molecular weight is 426 g/mol. The quantitative estimate of drug-likeness (QED) is 0.468. The first kappa shape index (κ1) is 19.5. The molecule has 1 heterocycles. The van der Waals surface area contributed by atoms with Crippen LogP contribution in [0.15, 0.2) is 77.7 Å². The van der Waals surface area contributed by atoms with E-state index in [1.165, 1.54) is 19.2 Å². The van der Waals surface area contributed by atoms with Crippen LogP contribution >= 0.6 is 11.6 Å². The molecular weight excluding hydrogens is 410 g/mol. The predicted octanol–water partition coefficient (Wildman–Crippen LogP) is 4.08. The minimum atomic E-state index is -3.95. The SMILES string of the molecule is CN1C(C(=O)c2cccc(-c3ccc(Cl)cc3)c2)C(=O)c2ccccc2S1(=O)=O. The lowest BCUT2D eigenvalue weighted by Gasteiger charge is -2.31. The molecule has 7 heteroatoms. The molecule has 3 aromatic rings. The van der Waals surface area contributed by atoms with E-state index in [0.717, 1.165) is 15.4 Å². The Bertz CT molecular complexity index is 1240. The summed E-state index contributed by atoms with van der Waals surface area (Å²) in [5.74, 6) is -1.09. The number of sulfonamides is 1. The smallest absolute Gasteiger partial charge is 0.244 e. The Hall–Kier alpha value is -2.80. The van der Waals surface area contributed by atoms with E-state index in [9.17, 15) is 18.0 Å². The molecule has 146 valence electrons. The van der Waals surface area contributed by atoms with Crippen molar-refractivity contribution in [2.45, 2.75) is 10.9 Å². The number of hydrogen-bond acceptors (Lipinski definition) is 4. The normalized spacial score (nSPS) is 18.3. The Labute approximate surface area is 173 Å². The number of Topliss-reactive ketones (excluding diaryl/α,β-unsaturated/α-hetero) is 2. The standard InChI is InChI=1S/C22H16ClNO4S/c1-24-20(22(26)18-7-2-3-8-19(18)29(24,27)28)21(25)16-6-4-5-15(13-16)14-9-11-17(23)12-10-14/h2-13,20H,1H3. The maximum atomic E-state index is 13.2. The fourth-order valence-electron chi connectivity index (χ4n) is 3.44. The van der Waals surface area contributed by atoms with Crippen LogP contribution in [0.3, 0.4) is 0 Å². The average Bonchev–Trinajstić information content (AvgIpc) is 2.73. The number of rotatable bonds is 3. The number of likely N-dealkylation sites (N-methyl/N-ethyl adjacent to an activating group) is 1. The molecule has 1 aliphatic rings. The molecule has 0 bridgehead atoms. The summed E-state index contributed by atoms with van der Waals surface area (Å²) in [6.07, 6.45) is 0. The van der Waals surface area contributed by atoms with Gasteiger partial charge in [-0.1, -0.05) is 54.1 Å². The van der Waals surface area contributed by atoms with Gasteiger partial charge in [-0.25, -0.2) is 8.42 Å². The van der Waals surface area contributed by atoms with Gasteiger partial charge in [-0.05, 0) is 41.5 Å². The van der Waals surface area contributed by atoms with Crippen molar-refractivity contribution < 1.29 is 18.0 Å². The van der Waals surface area contributed by atoms with Gasteiger partial charge in [0.1, 0.15) is 0 Å². The third-order valence-corrected chi connectivity index (χ3v) is 7.13. The Morgan fingerprint density at radius 2 is 1.62 bits per heavy atom. The van der Waals surface area contributed by atoms with Gasteiger partial charge in [0.25, 0.3) is 0 Å². The lowest BCUT2D eigenvalue weighted by Crippen LogP contribution is -2.51. The summed E-state index contributed by atoms with van der Waals surface area (Å²) in [5.41, 5.74) is 1.92. The summed E-state index contributed by atoms with van der Waals surface area (Å²) in [7, 11) is -2.69. The zero-order valence-electron chi connectivity index (χ0n) is 15.4. The lowest BCUT2D eigenvalue weighted by atomic mass is 9.94. The van der Waals surface area contributed by atoms with E-state index in [1.54, 1.807) is 42.5 Å². The van der Waals surface area contributed by atoms with Gasteiger partial charge in [0.05, 0.1) is 4.90 Å². The molecule has 1 aliphatic heterocycles. The monoisotopic (exact) mass is 425 g/mol. The summed E-state index contributed by atoms with van der Waals surface area (Å²) in [4.78, 5) is 26.1. The summed E-state index contributed by atoms with van der Waals surface area (Å²) in [5, 5.41) is 0.597. The Morgan fingerprint density at radius 1 is 0.931 bits per heavy atom. The van der Waals surface area contributed by atoms with Crippen LogP contribution in [0, 0.1) is 0 Å². The molecule has 0 N–H and O–H groups in total. The highest BCUT2D eigenvalue weighted by atomic mass is 35.5. The molecule has 1 unspecified atom stereocenters. The molecule has 0 aromatic heterocycles. The van der Waals surface area contributed by atoms with Crippen molar-refractivity contribution in [3.05, 3.63) is 88.9 Å². The Kier molecular flexibility index (Phi) is 4.86. The maximum Gasteiger partial charge on any atom is 0.244 e. The number of benzene rings is 3. The van der Waals surface area contributed by atoms with Crippen molar-refractivity contribution >= 4 is 33.2 Å². The molecule has 4 rings (SSSR count). The van der Waals surface area contributed by atoms with Gasteiger partial charge in [-0.3, -0.25) is 9.59 Å². The van der Waals surface area contributed by atoms with E-state index >= 15 is 0 Å². The zero-order valence-corrected chi connectivity index (χ0v) is 16.9. The van der Waals surface area contributed by atoms with Crippen LogP contribution in [-0.4, -0.2) is 37.4 Å². The van der Waals surface area contributed by atoms with Crippen molar-refractivity contribution in [1.29, 1.82) is 0 Å². The van der Waals surface area contributed by atoms with Crippen LogP contribution in [0.2, 0.25) is 5.02 Å². The van der Waals surface area contributed by atoms with Crippen LogP contribution < -0.4 is 0 Å². The third kappa shape index (κ3) is 3.29. The fourth-order valence-corrected chi connectivity index (χ4v) is 5.04.